The first-order valence-electron chi connectivity index (χ1n) is 6.98. The SMILES string of the molecule is CCc1nc2c(N)nc(I)nc2n1[C@]1(N)O[C@H](CO)[C@@H](O)[C@H]1O. The third kappa shape index (κ3) is 2.38. The number of rotatable bonds is 3. The Labute approximate surface area is 144 Å². The molecule has 3 rings (SSSR count). The normalized spacial score (nSPS) is 31.1. The maximum atomic E-state index is 10.4. The summed E-state index contributed by atoms with van der Waals surface area (Å²) in [5.74, 6) is -1.17. The van der Waals surface area contributed by atoms with E-state index in [1.165, 1.54) is 4.57 Å². The van der Waals surface area contributed by atoms with Crippen LogP contribution in [-0.2, 0) is 17.0 Å². The lowest BCUT2D eigenvalue weighted by Gasteiger charge is -2.30. The van der Waals surface area contributed by atoms with Gasteiger partial charge in [0.15, 0.2) is 20.8 Å². The van der Waals surface area contributed by atoms with Crippen LogP contribution in [-0.4, -0.2) is 59.8 Å². The van der Waals surface area contributed by atoms with Crippen LogP contribution >= 0.6 is 22.6 Å². The summed E-state index contributed by atoms with van der Waals surface area (Å²) in [4.78, 5) is 12.7. The van der Waals surface area contributed by atoms with Gasteiger partial charge in [0.1, 0.15) is 24.1 Å². The molecule has 23 heavy (non-hydrogen) atoms. The number of hydrogen-bond acceptors (Lipinski definition) is 9. The van der Waals surface area contributed by atoms with Crippen LogP contribution in [0.5, 0.6) is 0 Å². The number of ether oxygens (including phenoxy) is 1. The Morgan fingerprint density at radius 1 is 1.35 bits per heavy atom. The predicted octanol–water partition coefficient (Wildman–Crippen LogP) is -1.74. The van der Waals surface area contributed by atoms with Crippen LogP contribution in [0.2, 0.25) is 0 Å². The molecule has 4 atom stereocenters. The zero-order chi connectivity index (χ0) is 16.9. The van der Waals surface area contributed by atoms with Crippen molar-refractivity contribution in [2.45, 2.75) is 37.5 Å². The van der Waals surface area contributed by atoms with Crippen molar-refractivity contribution in [2.24, 2.45) is 5.73 Å². The summed E-state index contributed by atoms with van der Waals surface area (Å²) in [6.07, 6.45) is -3.38. The Morgan fingerprint density at radius 2 is 2.04 bits per heavy atom. The quantitative estimate of drug-likeness (QED) is 0.277. The second kappa shape index (κ2) is 5.75. The van der Waals surface area contributed by atoms with E-state index >= 15 is 0 Å². The van der Waals surface area contributed by atoms with Gasteiger partial charge in [0, 0.05) is 29.0 Å². The summed E-state index contributed by atoms with van der Waals surface area (Å²) in [6.45, 7) is 1.36. The Bertz CT molecular complexity index is 755. The largest absolute Gasteiger partial charge is 0.394 e. The minimum absolute atomic E-state index is 0.184. The van der Waals surface area contributed by atoms with Gasteiger partial charge in [-0.1, -0.05) is 6.92 Å². The Kier molecular flexibility index (Phi) is 4.18. The Hall–Kier alpha value is -1.12. The summed E-state index contributed by atoms with van der Waals surface area (Å²) in [5, 5.41) is 29.7. The first-order valence-corrected chi connectivity index (χ1v) is 8.05. The Balaban J connectivity index is 2.26. The van der Waals surface area contributed by atoms with E-state index in [2.05, 4.69) is 15.0 Å². The highest BCUT2D eigenvalue weighted by atomic mass is 127. The van der Waals surface area contributed by atoms with Crippen molar-refractivity contribution in [3.8, 4) is 0 Å². The van der Waals surface area contributed by atoms with Crippen LogP contribution in [0.4, 0.5) is 5.82 Å². The summed E-state index contributed by atoms with van der Waals surface area (Å²) >= 11 is 1.90. The predicted molar refractivity (Wildman–Crippen MR) is 88.0 cm³/mol. The van der Waals surface area contributed by atoms with E-state index in [1.807, 2.05) is 29.5 Å². The number of fused-ring (bicyclic) bond motifs is 1. The van der Waals surface area contributed by atoms with Gasteiger partial charge >= 0.3 is 0 Å². The molecule has 0 bridgehead atoms. The average molecular weight is 436 g/mol. The van der Waals surface area contributed by atoms with Crippen LogP contribution in [0.15, 0.2) is 0 Å². The van der Waals surface area contributed by atoms with Crippen LogP contribution in [0, 0.1) is 3.83 Å². The Morgan fingerprint density at radius 3 is 2.61 bits per heavy atom. The first-order chi connectivity index (χ1) is 10.8. The van der Waals surface area contributed by atoms with E-state index in [-0.39, 0.29) is 5.82 Å². The van der Waals surface area contributed by atoms with Gasteiger partial charge in [-0.3, -0.25) is 10.3 Å². The van der Waals surface area contributed by atoms with Gasteiger partial charge in [-0.25, -0.2) is 15.0 Å². The number of aryl methyl sites for hydroxylation is 1. The van der Waals surface area contributed by atoms with Gasteiger partial charge in [0.2, 0.25) is 5.85 Å². The fraction of sp³-hybridized carbons (Fsp3) is 0.583. The molecule has 1 aliphatic rings. The van der Waals surface area contributed by atoms with E-state index < -0.39 is 30.8 Å². The maximum Gasteiger partial charge on any atom is 0.232 e. The monoisotopic (exact) mass is 436 g/mol. The maximum absolute atomic E-state index is 10.4. The molecule has 2 aromatic rings. The molecule has 2 aromatic heterocycles. The lowest BCUT2D eigenvalue weighted by Crippen LogP contribution is -2.53. The molecular formula is C12H17IN6O4. The van der Waals surface area contributed by atoms with Crippen LogP contribution in [0.25, 0.3) is 11.2 Å². The molecule has 3 heterocycles. The van der Waals surface area contributed by atoms with Gasteiger partial charge in [0.25, 0.3) is 0 Å². The van der Waals surface area contributed by atoms with Gasteiger partial charge in [-0.2, -0.15) is 0 Å². The number of nitrogens with zero attached hydrogens (tertiary/aromatic N) is 4. The van der Waals surface area contributed by atoms with E-state index in [0.29, 0.717) is 27.2 Å². The number of anilines is 1. The number of aliphatic hydroxyl groups is 3. The van der Waals surface area contributed by atoms with Gasteiger partial charge in [-0.15, -0.1) is 0 Å². The van der Waals surface area contributed by atoms with Gasteiger partial charge in [0.05, 0.1) is 6.61 Å². The number of imidazole rings is 1. The highest BCUT2D eigenvalue weighted by Crippen LogP contribution is 2.35. The van der Waals surface area contributed by atoms with Gasteiger partial charge in [-0.05, 0) is 0 Å². The third-order valence-electron chi connectivity index (χ3n) is 3.89. The molecule has 0 aliphatic carbocycles. The van der Waals surface area contributed by atoms with Crippen molar-refractivity contribution >= 4 is 39.6 Å². The zero-order valence-corrected chi connectivity index (χ0v) is 14.4. The molecule has 7 N–H and O–H groups in total. The number of halogens is 1. The fourth-order valence-corrected chi connectivity index (χ4v) is 3.25. The standard InChI is InChI=1S/C12H17IN6O4/c1-2-5-16-6-9(14)17-11(13)18-10(6)19(5)12(15)8(22)7(21)4(3-20)23-12/h4,7-8,20-22H,2-3,15H2,1H3,(H2,14,17,18)/t4-,7-,8-,12+/m1/s1. The minimum Gasteiger partial charge on any atom is -0.394 e. The fourth-order valence-electron chi connectivity index (χ4n) is 2.76. The average Bonchev–Trinajstić information content (AvgIpc) is 2.99. The molecule has 0 spiro atoms. The summed E-state index contributed by atoms with van der Waals surface area (Å²) in [7, 11) is 0. The topological polar surface area (TPSA) is 166 Å². The van der Waals surface area contributed by atoms with Crippen molar-refractivity contribution in [1.82, 2.24) is 19.5 Å². The number of hydrogen-bond donors (Lipinski definition) is 5. The third-order valence-corrected chi connectivity index (χ3v) is 4.37. The highest BCUT2D eigenvalue weighted by Gasteiger charge is 2.54. The van der Waals surface area contributed by atoms with Crippen molar-refractivity contribution in [1.29, 1.82) is 0 Å². The van der Waals surface area contributed by atoms with Crippen molar-refractivity contribution < 1.29 is 20.1 Å². The molecule has 1 fully saturated rings. The molecule has 0 radical (unpaired) electrons. The molecule has 126 valence electrons. The van der Waals surface area contributed by atoms with Crippen LogP contribution in [0.1, 0.15) is 12.7 Å². The van der Waals surface area contributed by atoms with E-state index in [1.54, 1.807) is 0 Å². The van der Waals surface area contributed by atoms with Crippen molar-refractivity contribution in [3.63, 3.8) is 0 Å². The second-order valence-corrected chi connectivity index (χ2v) is 6.26. The summed E-state index contributed by atoms with van der Waals surface area (Å²) in [5.41, 5.74) is 12.8. The van der Waals surface area contributed by atoms with E-state index in [0.717, 1.165) is 0 Å². The molecule has 0 aromatic carbocycles. The molecule has 0 saturated carbocycles. The lowest BCUT2D eigenvalue weighted by molar-refractivity contribution is -0.142. The summed E-state index contributed by atoms with van der Waals surface area (Å²) < 4.78 is 7.33. The molecule has 10 nitrogen and oxygen atoms in total. The van der Waals surface area contributed by atoms with Crippen LogP contribution < -0.4 is 11.5 Å². The van der Waals surface area contributed by atoms with E-state index in [9.17, 15) is 15.3 Å². The van der Waals surface area contributed by atoms with Crippen molar-refractivity contribution in [2.75, 3.05) is 12.3 Å². The first kappa shape index (κ1) is 16.7. The van der Waals surface area contributed by atoms with Gasteiger partial charge < -0.3 is 25.8 Å². The molecule has 0 amide bonds. The van der Waals surface area contributed by atoms with Crippen molar-refractivity contribution in [3.05, 3.63) is 9.66 Å². The summed E-state index contributed by atoms with van der Waals surface area (Å²) in [6, 6.07) is 0. The zero-order valence-electron chi connectivity index (χ0n) is 12.2. The molecule has 1 saturated heterocycles. The highest BCUT2D eigenvalue weighted by molar-refractivity contribution is 14.1. The van der Waals surface area contributed by atoms with Crippen LogP contribution in [0.3, 0.4) is 0 Å². The molecule has 0 unspecified atom stereocenters. The number of nitrogen functional groups attached to an aromatic ring is 1. The smallest absolute Gasteiger partial charge is 0.232 e. The lowest BCUT2D eigenvalue weighted by atomic mass is 10.1. The number of aromatic nitrogens is 4. The number of nitrogens with two attached hydrogens (primary N) is 2. The van der Waals surface area contributed by atoms with E-state index in [4.69, 9.17) is 16.2 Å². The second-order valence-electron chi connectivity index (χ2n) is 5.29. The number of aliphatic hydroxyl groups excluding tert-OH is 3. The molecule has 1 aliphatic heterocycles. The molecular weight excluding hydrogens is 419 g/mol. The molecule has 11 heteroatoms. The minimum atomic E-state index is -1.82.